The Kier molecular flexibility index (Phi) is 5.33. The van der Waals surface area contributed by atoms with E-state index >= 15 is 0 Å². The lowest BCUT2D eigenvalue weighted by atomic mass is 10.1. The van der Waals surface area contributed by atoms with Crippen molar-refractivity contribution in [3.8, 4) is 0 Å². The maximum absolute atomic E-state index is 12.0. The van der Waals surface area contributed by atoms with Crippen molar-refractivity contribution < 1.29 is 9.53 Å². The lowest BCUT2D eigenvalue weighted by Crippen LogP contribution is -2.07. The van der Waals surface area contributed by atoms with Gasteiger partial charge >= 0.3 is 5.97 Å². The van der Waals surface area contributed by atoms with Gasteiger partial charge in [-0.2, -0.15) is 0 Å². The van der Waals surface area contributed by atoms with Crippen LogP contribution in [0.3, 0.4) is 0 Å². The molecule has 106 valence electrons. The number of ether oxygens (including phenoxy) is 1. The second-order valence-electron chi connectivity index (χ2n) is 4.16. The van der Waals surface area contributed by atoms with E-state index in [0.29, 0.717) is 28.5 Å². The standard InChI is InChI=1S/C17H14ClNO2/c1-2-21-17(20)16(13-6-4-3-5-7-13)12-19-15-10-8-14(18)9-11-15/h3-11H,2H2,1H3. The first-order valence-electron chi connectivity index (χ1n) is 6.52. The van der Waals surface area contributed by atoms with Gasteiger partial charge in [0.05, 0.1) is 12.3 Å². The summed E-state index contributed by atoms with van der Waals surface area (Å²) in [6, 6.07) is 16.2. The van der Waals surface area contributed by atoms with Crippen LogP contribution in [0.2, 0.25) is 5.02 Å². The fourth-order valence-electron chi connectivity index (χ4n) is 1.67. The molecule has 2 aromatic carbocycles. The minimum Gasteiger partial charge on any atom is -0.462 e. The summed E-state index contributed by atoms with van der Waals surface area (Å²) in [4.78, 5) is 16.2. The lowest BCUT2D eigenvalue weighted by Gasteiger charge is -2.03. The molecule has 0 aliphatic heterocycles. The zero-order valence-electron chi connectivity index (χ0n) is 11.5. The van der Waals surface area contributed by atoms with Gasteiger partial charge in [-0.1, -0.05) is 41.9 Å². The van der Waals surface area contributed by atoms with Crippen LogP contribution in [0.5, 0.6) is 0 Å². The van der Waals surface area contributed by atoms with Crippen molar-refractivity contribution in [1.82, 2.24) is 0 Å². The lowest BCUT2D eigenvalue weighted by molar-refractivity contribution is -0.135. The van der Waals surface area contributed by atoms with Gasteiger partial charge in [0.2, 0.25) is 0 Å². The zero-order valence-corrected chi connectivity index (χ0v) is 12.3. The smallest absolute Gasteiger partial charge is 0.348 e. The first-order valence-corrected chi connectivity index (χ1v) is 6.90. The third-order valence-corrected chi connectivity index (χ3v) is 2.92. The van der Waals surface area contributed by atoms with Crippen LogP contribution in [-0.4, -0.2) is 18.4 Å². The number of nitrogens with zero attached hydrogens (tertiary/aromatic N) is 1. The maximum Gasteiger partial charge on any atom is 0.348 e. The van der Waals surface area contributed by atoms with Crippen LogP contribution in [0.4, 0.5) is 5.69 Å². The molecule has 3 nitrogen and oxygen atoms in total. The molecule has 0 radical (unpaired) electrons. The average molecular weight is 300 g/mol. The number of esters is 1. The normalized spacial score (nSPS) is 9.62. The Balaban J connectivity index is 2.41. The molecule has 0 aliphatic rings. The van der Waals surface area contributed by atoms with Crippen molar-refractivity contribution in [1.29, 1.82) is 0 Å². The van der Waals surface area contributed by atoms with Gasteiger partial charge in [-0.15, -0.1) is 0 Å². The van der Waals surface area contributed by atoms with Gasteiger partial charge < -0.3 is 4.74 Å². The molecule has 4 heteroatoms. The van der Waals surface area contributed by atoms with E-state index in [9.17, 15) is 4.79 Å². The van der Waals surface area contributed by atoms with Crippen molar-refractivity contribution in [2.45, 2.75) is 6.92 Å². The number of rotatable bonds is 4. The average Bonchev–Trinajstić information content (AvgIpc) is 2.51. The van der Waals surface area contributed by atoms with E-state index in [2.05, 4.69) is 10.9 Å². The van der Waals surface area contributed by atoms with Gasteiger partial charge in [-0.05, 0) is 36.8 Å². The number of hydrogen-bond acceptors (Lipinski definition) is 3. The molecule has 0 amide bonds. The summed E-state index contributed by atoms with van der Waals surface area (Å²) in [5.41, 5.74) is 1.68. The van der Waals surface area contributed by atoms with E-state index < -0.39 is 5.97 Å². The van der Waals surface area contributed by atoms with Crippen LogP contribution in [0.1, 0.15) is 12.5 Å². The summed E-state index contributed by atoms with van der Waals surface area (Å²) >= 11 is 5.82. The van der Waals surface area contributed by atoms with Gasteiger partial charge in [0.25, 0.3) is 0 Å². The van der Waals surface area contributed by atoms with E-state index in [0.717, 1.165) is 0 Å². The van der Waals surface area contributed by atoms with Crippen molar-refractivity contribution in [2.24, 2.45) is 4.99 Å². The van der Waals surface area contributed by atoms with Gasteiger partial charge in [0.1, 0.15) is 5.57 Å². The molecular weight excluding hydrogens is 286 g/mol. The molecule has 0 aliphatic carbocycles. The number of aliphatic imine (C=N–C) groups is 1. The fourth-order valence-corrected chi connectivity index (χ4v) is 1.80. The van der Waals surface area contributed by atoms with Crippen molar-refractivity contribution in [3.05, 3.63) is 65.2 Å². The fraction of sp³-hybridized carbons (Fsp3) is 0.118. The third-order valence-electron chi connectivity index (χ3n) is 2.67. The molecular formula is C17H14ClNO2. The predicted molar refractivity (Wildman–Crippen MR) is 85.0 cm³/mol. The summed E-state index contributed by atoms with van der Waals surface area (Å²) < 4.78 is 5.05. The van der Waals surface area contributed by atoms with Crippen molar-refractivity contribution in [2.75, 3.05) is 6.61 Å². The molecule has 0 fully saturated rings. The third kappa shape index (κ3) is 4.32. The molecule has 0 aromatic heterocycles. The second-order valence-corrected chi connectivity index (χ2v) is 4.60. The maximum atomic E-state index is 12.0. The Morgan fingerprint density at radius 1 is 1.14 bits per heavy atom. The van der Waals surface area contributed by atoms with E-state index in [1.807, 2.05) is 30.3 Å². The summed E-state index contributed by atoms with van der Waals surface area (Å²) in [6.45, 7) is 2.06. The second kappa shape index (κ2) is 7.44. The van der Waals surface area contributed by atoms with Gasteiger partial charge in [0.15, 0.2) is 0 Å². The molecule has 0 bridgehead atoms. The summed E-state index contributed by atoms with van der Waals surface area (Å²) in [7, 11) is 0. The molecule has 0 heterocycles. The minimum atomic E-state index is -0.443. The number of carbonyl (C=O) groups excluding carboxylic acids is 1. The molecule has 0 saturated heterocycles. The molecule has 21 heavy (non-hydrogen) atoms. The quantitative estimate of drug-likeness (QED) is 0.480. The Hall–Kier alpha value is -2.35. The van der Waals surface area contributed by atoms with Crippen molar-refractivity contribution in [3.63, 3.8) is 0 Å². The minimum absolute atomic E-state index is 0.299. The number of hydrogen-bond donors (Lipinski definition) is 0. The highest BCUT2D eigenvalue weighted by molar-refractivity contribution is 6.30. The SMILES string of the molecule is CCOC(=O)C(=C=Nc1ccc(Cl)cc1)c1ccccc1. The highest BCUT2D eigenvalue weighted by Crippen LogP contribution is 2.17. The highest BCUT2D eigenvalue weighted by atomic mass is 35.5. The first kappa shape index (κ1) is 15.0. The summed E-state index contributed by atoms with van der Waals surface area (Å²) in [5, 5.41) is 0.631. The van der Waals surface area contributed by atoms with Crippen LogP contribution in [0, 0.1) is 0 Å². The Bertz CT molecular complexity index is 672. The molecule has 0 N–H and O–H groups in total. The first-order chi connectivity index (χ1) is 10.2. The molecule has 0 saturated carbocycles. The molecule has 0 atom stereocenters. The van der Waals surface area contributed by atoms with Crippen LogP contribution in [0.25, 0.3) is 5.57 Å². The predicted octanol–water partition coefficient (Wildman–Crippen LogP) is 4.29. The van der Waals surface area contributed by atoms with Gasteiger partial charge in [0, 0.05) is 10.9 Å². The number of carbonyl (C=O) groups is 1. The highest BCUT2D eigenvalue weighted by Gasteiger charge is 2.12. The molecule has 2 aromatic rings. The summed E-state index contributed by atoms with van der Waals surface area (Å²) in [5.74, 6) is 2.34. The molecule has 0 spiro atoms. The summed E-state index contributed by atoms with van der Waals surface area (Å²) in [6.07, 6.45) is 0. The van der Waals surface area contributed by atoms with Crippen LogP contribution < -0.4 is 0 Å². The van der Waals surface area contributed by atoms with E-state index in [4.69, 9.17) is 16.3 Å². The van der Waals surface area contributed by atoms with Gasteiger partial charge in [-0.3, -0.25) is 0 Å². The van der Waals surface area contributed by atoms with Gasteiger partial charge in [-0.25, -0.2) is 9.79 Å². The van der Waals surface area contributed by atoms with E-state index in [1.54, 1.807) is 31.2 Å². The Morgan fingerprint density at radius 3 is 2.43 bits per heavy atom. The monoisotopic (exact) mass is 299 g/mol. The number of benzene rings is 2. The topological polar surface area (TPSA) is 38.7 Å². The number of halogens is 1. The van der Waals surface area contributed by atoms with E-state index in [-0.39, 0.29) is 0 Å². The van der Waals surface area contributed by atoms with Crippen LogP contribution in [-0.2, 0) is 9.53 Å². The molecule has 2 rings (SSSR count). The Labute approximate surface area is 128 Å². The Morgan fingerprint density at radius 2 is 1.81 bits per heavy atom. The molecule has 0 unspecified atom stereocenters. The zero-order chi connectivity index (χ0) is 15.1. The van der Waals surface area contributed by atoms with Crippen LogP contribution >= 0.6 is 11.6 Å². The largest absolute Gasteiger partial charge is 0.462 e. The van der Waals surface area contributed by atoms with Crippen LogP contribution in [0.15, 0.2) is 59.6 Å². The van der Waals surface area contributed by atoms with E-state index in [1.165, 1.54) is 0 Å². The van der Waals surface area contributed by atoms with Crippen molar-refractivity contribution >= 4 is 34.7 Å².